The van der Waals surface area contributed by atoms with E-state index >= 15 is 0 Å². The third kappa shape index (κ3) is 5.94. The Kier molecular flexibility index (Phi) is 7.89. The number of para-hydroxylation sites is 1. The minimum atomic E-state index is -0.0340. The Hall–Kier alpha value is -4.23. The lowest BCUT2D eigenvalue weighted by atomic mass is 9.94. The van der Waals surface area contributed by atoms with Crippen LogP contribution in [0.5, 0.6) is 11.5 Å². The molecule has 0 spiro atoms. The Morgan fingerprint density at radius 3 is 2.56 bits per heavy atom. The molecule has 0 aliphatic carbocycles. The molecule has 39 heavy (non-hydrogen) atoms. The maximum absolute atomic E-state index is 11.5. The van der Waals surface area contributed by atoms with Crippen molar-refractivity contribution in [2.75, 3.05) is 0 Å². The molecule has 1 amide bonds. The number of fused-ring (bicyclic) bond motifs is 1. The molecule has 0 aliphatic rings. The van der Waals surface area contributed by atoms with Crippen LogP contribution in [0.1, 0.15) is 39.9 Å². The first kappa shape index (κ1) is 26.4. The third-order valence-corrected chi connectivity index (χ3v) is 7.65. The largest absolute Gasteiger partial charge is 0.487 e. The summed E-state index contributed by atoms with van der Waals surface area (Å²) in [7, 11) is 0. The molecular weight excluding hydrogens is 506 g/mol. The minimum absolute atomic E-state index is 0.0340. The van der Waals surface area contributed by atoms with Gasteiger partial charge in [0.2, 0.25) is 5.91 Å². The number of pyridine rings is 2. The molecule has 1 N–H and O–H groups in total. The Morgan fingerprint density at radius 1 is 0.923 bits per heavy atom. The van der Waals surface area contributed by atoms with Gasteiger partial charge in [0.1, 0.15) is 30.2 Å². The van der Waals surface area contributed by atoms with E-state index in [2.05, 4.69) is 47.7 Å². The van der Waals surface area contributed by atoms with Crippen LogP contribution < -0.4 is 14.8 Å². The predicted octanol–water partition coefficient (Wildman–Crippen LogP) is 7.08. The van der Waals surface area contributed by atoms with Crippen LogP contribution in [0.3, 0.4) is 0 Å². The minimum Gasteiger partial charge on any atom is -0.487 e. The van der Waals surface area contributed by atoms with E-state index in [0.717, 1.165) is 49.6 Å². The van der Waals surface area contributed by atoms with Crippen LogP contribution in [0.25, 0.3) is 22.0 Å². The van der Waals surface area contributed by atoms with E-state index in [1.54, 1.807) is 24.5 Å². The number of thiophene rings is 1. The summed E-state index contributed by atoms with van der Waals surface area (Å²) in [5, 5.41) is 5.89. The lowest BCUT2D eigenvalue weighted by Gasteiger charge is -2.17. The number of aryl methyl sites for hydroxylation is 2. The molecule has 5 rings (SSSR count). The van der Waals surface area contributed by atoms with Gasteiger partial charge in [-0.2, -0.15) is 0 Å². The molecule has 0 radical (unpaired) electrons. The van der Waals surface area contributed by atoms with Gasteiger partial charge in [-0.3, -0.25) is 9.78 Å². The van der Waals surface area contributed by atoms with Crippen molar-refractivity contribution >= 4 is 28.1 Å². The zero-order chi connectivity index (χ0) is 27.4. The molecule has 2 aromatic carbocycles. The summed E-state index contributed by atoms with van der Waals surface area (Å²) in [5.41, 5.74) is 8.26. The second-order valence-corrected chi connectivity index (χ2v) is 10.5. The van der Waals surface area contributed by atoms with Crippen molar-refractivity contribution in [2.45, 2.75) is 47.5 Å². The Morgan fingerprint density at radius 2 is 1.77 bits per heavy atom. The van der Waals surface area contributed by atoms with Gasteiger partial charge >= 0.3 is 0 Å². The van der Waals surface area contributed by atoms with Crippen LogP contribution in [0, 0.1) is 20.8 Å². The molecule has 5 aromatic rings. The van der Waals surface area contributed by atoms with Crippen LogP contribution in [-0.4, -0.2) is 15.9 Å². The van der Waals surface area contributed by atoms with E-state index in [-0.39, 0.29) is 5.91 Å². The van der Waals surface area contributed by atoms with E-state index in [1.165, 1.54) is 11.1 Å². The lowest BCUT2D eigenvalue weighted by molar-refractivity contribution is -0.119. The van der Waals surface area contributed by atoms with Crippen LogP contribution >= 0.6 is 11.3 Å². The zero-order valence-electron chi connectivity index (χ0n) is 22.6. The topological polar surface area (TPSA) is 73.3 Å². The SMILES string of the molecule is CC(=O)NCc1sccc1-c1ccc(C)c(COc2cccc3c(OCc4ccccn4)cc(C)nc23)c1C. The van der Waals surface area contributed by atoms with Gasteiger partial charge in [0.15, 0.2) is 0 Å². The van der Waals surface area contributed by atoms with Crippen molar-refractivity contribution in [1.82, 2.24) is 15.3 Å². The molecule has 198 valence electrons. The van der Waals surface area contributed by atoms with E-state index in [0.29, 0.717) is 25.5 Å². The summed E-state index contributed by atoms with van der Waals surface area (Å²) >= 11 is 1.65. The van der Waals surface area contributed by atoms with Crippen molar-refractivity contribution in [3.63, 3.8) is 0 Å². The predicted molar refractivity (Wildman–Crippen MR) is 156 cm³/mol. The molecule has 0 aliphatic heterocycles. The van der Waals surface area contributed by atoms with E-state index in [9.17, 15) is 4.79 Å². The number of carbonyl (C=O) groups excluding carboxylic acids is 1. The monoisotopic (exact) mass is 537 g/mol. The van der Waals surface area contributed by atoms with Crippen molar-refractivity contribution in [3.8, 4) is 22.6 Å². The molecule has 6 nitrogen and oxygen atoms in total. The molecule has 0 atom stereocenters. The maximum atomic E-state index is 11.5. The molecule has 0 bridgehead atoms. The number of nitrogens with one attached hydrogen (secondary N) is 1. The molecule has 0 fully saturated rings. The summed E-state index contributed by atoms with van der Waals surface area (Å²) in [6, 6.07) is 20.1. The first-order chi connectivity index (χ1) is 18.9. The zero-order valence-corrected chi connectivity index (χ0v) is 23.4. The average molecular weight is 538 g/mol. The van der Waals surface area contributed by atoms with Crippen molar-refractivity contribution < 1.29 is 14.3 Å². The highest BCUT2D eigenvalue weighted by Crippen LogP contribution is 2.35. The molecule has 0 saturated carbocycles. The number of hydrogen-bond acceptors (Lipinski definition) is 6. The Balaban J connectivity index is 1.42. The van der Waals surface area contributed by atoms with Crippen LogP contribution in [-0.2, 0) is 24.6 Å². The number of amides is 1. The quantitative estimate of drug-likeness (QED) is 0.218. The van der Waals surface area contributed by atoms with Gasteiger partial charge in [0.05, 0.1) is 12.2 Å². The standard InChI is InChI=1S/C32H31N3O3S/c1-20-11-12-25(26-13-15-39-31(26)17-34-23(4)36)22(3)28(20)19-38-29-10-7-9-27-30(16-21(2)35-32(27)29)37-18-24-8-5-6-14-33-24/h5-16H,17-19H2,1-4H3,(H,34,36). The molecule has 7 heteroatoms. The molecule has 0 saturated heterocycles. The number of rotatable bonds is 9. The number of nitrogens with zero attached hydrogens (tertiary/aromatic N) is 2. The summed E-state index contributed by atoms with van der Waals surface area (Å²) in [5.74, 6) is 1.44. The summed E-state index contributed by atoms with van der Waals surface area (Å²) in [4.78, 5) is 21.8. The summed E-state index contributed by atoms with van der Waals surface area (Å²) in [6.07, 6.45) is 1.77. The number of ether oxygens (including phenoxy) is 2. The van der Waals surface area contributed by atoms with E-state index in [4.69, 9.17) is 14.5 Å². The van der Waals surface area contributed by atoms with Crippen LogP contribution in [0.2, 0.25) is 0 Å². The molecule has 3 aromatic heterocycles. The molecule has 0 unspecified atom stereocenters. The summed E-state index contributed by atoms with van der Waals surface area (Å²) < 4.78 is 12.6. The molecular formula is C32H31N3O3S. The second kappa shape index (κ2) is 11.7. The number of benzene rings is 2. The fourth-order valence-electron chi connectivity index (χ4n) is 4.66. The first-order valence-electron chi connectivity index (χ1n) is 12.9. The Labute approximate surface area is 232 Å². The van der Waals surface area contributed by atoms with Gasteiger partial charge in [0.25, 0.3) is 0 Å². The third-order valence-electron chi connectivity index (χ3n) is 6.73. The summed E-state index contributed by atoms with van der Waals surface area (Å²) in [6.45, 7) is 9.05. The van der Waals surface area contributed by atoms with Crippen molar-refractivity contribution in [3.05, 3.63) is 105 Å². The van der Waals surface area contributed by atoms with Crippen molar-refractivity contribution in [1.29, 1.82) is 0 Å². The van der Waals surface area contributed by atoms with E-state index in [1.807, 2.05) is 49.4 Å². The van der Waals surface area contributed by atoms with Gasteiger partial charge in [-0.1, -0.05) is 24.3 Å². The lowest BCUT2D eigenvalue weighted by Crippen LogP contribution is -2.18. The first-order valence-corrected chi connectivity index (χ1v) is 13.7. The Bertz CT molecular complexity index is 1630. The second-order valence-electron chi connectivity index (χ2n) is 9.51. The van der Waals surface area contributed by atoms with Gasteiger partial charge in [0, 0.05) is 35.1 Å². The molecule has 3 heterocycles. The van der Waals surface area contributed by atoms with Crippen LogP contribution in [0.4, 0.5) is 0 Å². The van der Waals surface area contributed by atoms with Gasteiger partial charge in [-0.25, -0.2) is 4.98 Å². The van der Waals surface area contributed by atoms with Gasteiger partial charge < -0.3 is 14.8 Å². The number of hydrogen-bond donors (Lipinski definition) is 1. The highest BCUT2D eigenvalue weighted by Gasteiger charge is 2.16. The van der Waals surface area contributed by atoms with Gasteiger partial charge in [-0.05, 0) is 84.3 Å². The highest BCUT2D eigenvalue weighted by molar-refractivity contribution is 7.10. The number of aromatic nitrogens is 2. The fraction of sp³-hybridized carbons (Fsp3) is 0.219. The number of carbonyl (C=O) groups is 1. The highest BCUT2D eigenvalue weighted by atomic mass is 32.1. The van der Waals surface area contributed by atoms with Crippen LogP contribution in [0.15, 0.2) is 72.2 Å². The van der Waals surface area contributed by atoms with E-state index < -0.39 is 0 Å². The normalized spacial score (nSPS) is 11.0. The van der Waals surface area contributed by atoms with Gasteiger partial charge in [-0.15, -0.1) is 11.3 Å². The fourth-order valence-corrected chi connectivity index (χ4v) is 5.49. The maximum Gasteiger partial charge on any atom is 0.217 e. The average Bonchev–Trinajstić information content (AvgIpc) is 3.39. The smallest absolute Gasteiger partial charge is 0.217 e. The van der Waals surface area contributed by atoms with Crippen molar-refractivity contribution in [2.24, 2.45) is 0 Å².